The van der Waals surface area contributed by atoms with Gasteiger partial charge in [-0.25, -0.2) is 4.39 Å². The second-order valence-corrected chi connectivity index (χ2v) is 5.22. The molecule has 1 N–H and O–H groups in total. The van der Waals surface area contributed by atoms with E-state index in [1.807, 2.05) is 44.2 Å². The number of carbonyl (C=O) groups excluding carboxylic acids is 1. The van der Waals surface area contributed by atoms with E-state index in [0.29, 0.717) is 12.2 Å². The summed E-state index contributed by atoms with van der Waals surface area (Å²) >= 11 is 0. The first-order valence-corrected chi connectivity index (χ1v) is 7.44. The molecule has 1 atom stereocenters. The Labute approximate surface area is 130 Å². The smallest absolute Gasteiger partial charge is 0.241 e. The highest BCUT2D eigenvalue weighted by Crippen LogP contribution is 2.13. The van der Waals surface area contributed by atoms with Gasteiger partial charge in [-0.1, -0.05) is 43.3 Å². The molecule has 116 valence electrons. The van der Waals surface area contributed by atoms with Crippen LogP contribution >= 0.6 is 0 Å². The fourth-order valence-electron chi connectivity index (χ4n) is 2.32. The minimum Gasteiger partial charge on any atom is -0.325 e. The summed E-state index contributed by atoms with van der Waals surface area (Å²) in [6.07, 6.45) is 0. The van der Waals surface area contributed by atoms with Crippen molar-refractivity contribution in [3.8, 4) is 0 Å². The second kappa shape index (κ2) is 7.71. The molecule has 0 saturated carbocycles. The number of rotatable bonds is 6. The number of amides is 1. The number of likely N-dealkylation sites (N-methyl/N-ethyl adjacent to an activating group) is 1. The van der Waals surface area contributed by atoms with Gasteiger partial charge in [0.15, 0.2) is 0 Å². The Morgan fingerprint density at radius 1 is 1.18 bits per heavy atom. The molecule has 1 amide bonds. The van der Waals surface area contributed by atoms with E-state index in [-0.39, 0.29) is 17.8 Å². The van der Waals surface area contributed by atoms with Gasteiger partial charge in [-0.05, 0) is 37.2 Å². The third-order valence-corrected chi connectivity index (χ3v) is 3.65. The number of nitrogens with zero attached hydrogens (tertiary/aromatic N) is 1. The molecule has 0 aromatic heterocycles. The summed E-state index contributed by atoms with van der Waals surface area (Å²) in [5.41, 5.74) is 1.64. The molecule has 0 aliphatic rings. The van der Waals surface area contributed by atoms with Gasteiger partial charge in [-0.15, -0.1) is 0 Å². The van der Waals surface area contributed by atoms with Gasteiger partial charge < -0.3 is 5.32 Å². The Balaban J connectivity index is 2.01. The number of anilines is 1. The number of benzene rings is 2. The summed E-state index contributed by atoms with van der Waals surface area (Å²) in [7, 11) is 0. The van der Waals surface area contributed by atoms with Crippen LogP contribution in [-0.4, -0.2) is 23.4 Å². The standard InChI is InChI=1S/C18H21FN2O/c1-3-21(13-15-8-5-4-6-9-15)14(2)18(22)20-17-11-7-10-16(19)12-17/h4-12,14H,3,13H2,1-2H3,(H,20,22). The van der Waals surface area contributed by atoms with Gasteiger partial charge in [0.05, 0.1) is 6.04 Å². The minimum absolute atomic E-state index is 0.136. The number of nitrogens with one attached hydrogen (secondary N) is 1. The monoisotopic (exact) mass is 300 g/mol. The predicted molar refractivity (Wildman–Crippen MR) is 87.0 cm³/mol. The molecular formula is C18H21FN2O. The summed E-state index contributed by atoms with van der Waals surface area (Å²) in [6, 6.07) is 15.7. The number of halogens is 1. The van der Waals surface area contributed by atoms with Crippen LogP contribution in [-0.2, 0) is 11.3 Å². The molecule has 0 radical (unpaired) electrons. The maximum atomic E-state index is 13.2. The van der Waals surface area contributed by atoms with Crippen LogP contribution in [0.3, 0.4) is 0 Å². The second-order valence-electron chi connectivity index (χ2n) is 5.22. The molecule has 3 nitrogen and oxygen atoms in total. The first kappa shape index (κ1) is 16.2. The third-order valence-electron chi connectivity index (χ3n) is 3.65. The summed E-state index contributed by atoms with van der Waals surface area (Å²) in [4.78, 5) is 14.4. The highest BCUT2D eigenvalue weighted by atomic mass is 19.1. The van der Waals surface area contributed by atoms with Gasteiger partial charge in [0.25, 0.3) is 0 Å². The first-order valence-electron chi connectivity index (χ1n) is 7.44. The quantitative estimate of drug-likeness (QED) is 0.882. The van der Waals surface area contributed by atoms with Gasteiger partial charge in [0, 0.05) is 12.2 Å². The maximum absolute atomic E-state index is 13.2. The minimum atomic E-state index is -0.359. The lowest BCUT2D eigenvalue weighted by molar-refractivity contribution is -0.120. The summed E-state index contributed by atoms with van der Waals surface area (Å²) < 4.78 is 13.2. The van der Waals surface area contributed by atoms with Crippen molar-refractivity contribution in [1.82, 2.24) is 4.90 Å². The zero-order chi connectivity index (χ0) is 15.9. The normalized spacial score (nSPS) is 12.2. The third kappa shape index (κ3) is 4.40. The first-order chi connectivity index (χ1) is 10.6. The van der Waals surface area contributed by atoms with E-state index >= 15 is 0 Å². The average Bonchev–Trinajstić information content (AvgIpc) is 2.53. The molecule has 0 aliphatic carbocycles. The van der Waals surface area contributed by atoms with Crippen LogP contribution in [0.4, 0.5) is 10.1 Å². The summed E-state index contributed by atoms with van der Waals surface area (Å²) in [5.74, 6) is -0.495. The fourth-order valence-corrected chi connectivity index (χ4v) is 2.32. The molecule has 2 aromatic carbocycles. The average molecular weight is 300 g/mol. The zero-order valence-electron chi connectivity index (χ0n) is 12.9. The van der Waals surface area contributed by atoms with Crippen molar-refractivity contribution in [2.24, 2.45) is 0 Å². The molecular weight excluding hydrogens is 279 g/mol. The van der Waals surface area contributed by atoms with Crippen molar-refractivity contribution in [3.63, 3.8) is 0 Å². The largest absolute Gasteiger partial charge is 0.325 e. The van der Waals surface area contributed by atoms with Crippen LogP contribution in [0.15, 0.2) is 54.6 Å². The van der Waals surface area contributed by atoms with Crippen LogP contribution in [0.1, 0.15) is 19.4 Å². The van der Waals surface area contributed by atoms with Crippen molar-refractivity contribution < 1.29 is 9.18 Å². The SMILES string of the molecule is CCN(Cc1ccccc1)C(C)C(=O)Nc1cccc(F)c1. The maximum Gasteiger partial charge on any atom is 0.241 e. The molecule has 0 heterocycles. The van der Waals surface area contributed by atoms with Gasteiger partial charge >= 0.3 is 0 Å². The van der Waals surface area contributed by atoms with Crippen LogP contribution < -0.4 is 5.32 Å². The lowest BCUT2D eigenvalue weighted by Gasteiger charge is -2.27. The lowest BCUT2D eigenvalue weighted by atomic mass is 10.1. The van der Waals surface area contributed by atoms with Crippen LogP contribution in [0, 0.1) is 5.82 Å². The molecule has 22 heavy (non-hydrogen) atoms. The van der Waals surface area contributed by atoms with E-state index in [4.69, 9.17) is 0 Å². The predicted octanol–water partition coefficient (Wildman–Crippen LogP) is 3.67. The zero-order valence-corrected chi connectivity index (χ0v) is 12.9. The summed E-state index contributed by atoms with van der Waals surface area (Å²) in [5, 5.41) is 2.76. The molecule has 0 spiro atoms. The van der Waals surface area contributed by atoms with E-state index in [0.717, 1.165) is 12.1 Å². The Bertz CT molecular complexity index is 615. The van der Waals surface area contributed by atoms with E-state index in [1.165, 1.54) is 12.1 Å². The molecule has 2 rings (SSSR count). The van der Waals surface area contributed by atoms with Crippen molar-refractivity contribution in [3.05, 3.63) is 66.0 Å². The Morgan fingerprint density at radius 3 is 2.55 bits per heavy atom. The Kier molecular flexibility index (Phi) is 5.67. The lowest BCUT2D eigenvalue weighted by Crippen LogP contribution is -2.41. The van der Waals surface area contributed by atoms with Gasteiger partial charge in [0.1, 0.15) is 5.82 Å². The Hall–Kier alpha value is -2.20. The highest BCUT2D eigenvalue weighted by molar-refractivity contribution is 5.94. The van der Waals surface area contributed by atoms with Crippen LogP contribution in [0.25, 0.3) is 0 Å². The van der Waals surface area contributed by atoms with Gasteiger partial charge in [-0.3, -0.25) is 9.69 Å². The van der Waals surface area contributed by atoms with E-state index < -0.39 is 0 Å². The van der Waals surface area contributed by atoms with Crippen LogP contribution in [0.2, 0.25) is 0 Å². The molecule has 0 saturated heterocycles. The summed E-state index contributed by atoms with van der Waals surface area (Å²) in [6.45, 7) is 5.34. The molecule has 0 bridgehead atoms. The number of hydrogen-bond acceptors (Lipinski definition) is 2. The van der Waals surface area contributed by atoms with Crippen LogP contribution in [0.5, 0.6) is 0 Å². The number of hydrogen-bond donors (Lipinski definition) is 1. The highest BCUT2D eigenvalue weighted by Gasteiger charge is 2.20. The van der Waals surface area contributed by atoms with Crippen molar-refractivity contribution in [2.45, 2.75) is 26.4 Å². The molecule has 1 unspecified atom stereocenters. The van der Waals surface area contributed by atoms with Gasteiger partial charge in [-0.2, -0.15) is 0 Å². The Morgan fingerprint density at radius 2 is 1.91 bits per heavy atom. The molecule has 2 aromatic rings. The topological polar surface area (TPSA) is 32.3 Å². The molecule has 0 fully saturated rings. The van der Waals surface area contributed by atoms with Gasteiger partial charge in [0.2, 0.25) is 5.91 Å². The van der Waals surface area contributed by atoms with E-state index in [2.05, 4.69) is 10.2 Å². The fraction of sp³-hybridized carbons (Fsp3) is 0.278. The molecule has 4 heteroatoms. The van der Waals surface area contributed by atoms with Crippen molar-refractivity contribution in [1.29, 1.82) is 0 Å². The van der Waals surface area contributed by atoms with Crippen molar-refractivity contribution >= 4 is 11.6 Å². The number of carbonyl (C=O) groups is 1. The molecule has 0 aliphatic heterocycles. The van der Waals surface area contributed by atoms with E-state index in [9.17, 15) is 9.18 Å². The van der Waals surface area contributed by atoms with Crippen molar-refractivity contribution in [2.75, 3.05) is 11.9 Å². The van der Waals surface area contributed by atoms with E-state index in [1.54, 1.807) is 12.1 Å².